The highest BCUT2D eigenvalue weighted by atomic mass is 15.0. The van der Waals surface area contributed by atoms with Crippen LogP contribution in [0.15, 0.2) is 183 Å². The van der Waals surface area contributed by atoms with E-state index in [1.165, 1.54) is 11.1 Å². The van der Waals surface area contributed by atoms with Crippen LogP contribution in [0.25, 0.3) is 89.6 Å². The first kappa shape index (κ1) is 30.8. The Hall–Kier alpha value is -7.18. The second-order valence-electron chi connectivity index (χ2n) is 12.4. The van der Waals surface area contributed by atoms with Crippen molar-refractivity contribution in [1.29, 1.82) is 0 Å². The zero-order valence-electron chi connectivity index (χ0n) is 28.0. The minimum atomic E-state index is 0.567. The van der Waals surface area contributed by atoms with Crippen LogP contribution in [-0.2, 0) is 0 Å². The second kappa shape index (κ2) is 13.6. The van der Waals surface area contributed by atoms with Gasteiger partial charge in [0.15, 0.2) is 17.5 Å². The highest BCUT2D eigenvalue weighted by molar-refractivity contribution is 6.02. The summed E-state index contributed by atoms with van der Waals surface area (Å²) in [7, 11) is 0. The molecular formula is C46H30N6. The molecule has 0 spiro atoms. The van der Waals surface area contributed by atoms with Crippen molar-refractivity contribution in [2.75, 3.05) is 0 Å². The van der Waals surface area contributed by atoms with Gasteiger partial charge in [-0.05, 0) is 75.3 Å². The molecule has 0 unspecified atom stereocenters. The minimum absolute atomic E-state index is 0.567. The molecule has 9 aromatic rings. The summed E-state index contributed by atoms with van der Waals surface area (Å²) in [5, 5.41) is 1.07. The third kappa shape index (κ3) is 5.88. The Morgan fingerprint density at radius 1 is 0.288 bits per heavy atom. The van der Waals surface area contributed by atoms with Crippen LogP contribution >= 0.6 is 0 Å². The van der Waals surface area contributed by atoms with Gasteiger partial charge in [0.1, 0.15) is 0 Å². The molecule has 6 nitrogen and oxygen atoms in total. The lowest BCUT2D eigenvalue weighted by Gasteiger charge is -2.19. The lowest BCUT2D eigenvalue weighted by atomic mass is 9.85. The molecule has 0 aliphatic rings. The Bertz CT molecular complexity index is 2620. The number of pyridine rings is 3. The number of aromatic nitrogens is 6. The fourth-order valence-electron chi connectivity index (χ4n) is 6.77. The lowest BCUT2D eigenvalue weighted by Crippen LogP contribution is -2.01. The monoisotopic (exact) mass is 666 g/mol. The molecule has 9 rings (SSSR count). The van der Waals surface area contributed by atoms with E-state index in [2.05, 4.69) is 131 Å². The Labute approximate surface area is 301 Å². The fourth-order valence-corrected chi connectivity index (χ4v) is 6.77. The molecule has 0 radical (unpaired) electrons. The van der Waals surface area contributed by atoms with E-state index in [4.69, 9.17) is 19.9 Å². The number of para-hydroxylation sites is 1. The van der Waals surface area contributed by atoms with Gasteiger partial charge < -0.3 is 0 Å². The molecule has 0 saturated heterocycles. The maximum absolute atomic E-state index is 5.03. The Balaban J connectivity index is 1.29. The average molecular weight is 667 g/mol. The molecule has 0 aliphatic heterocycles. The van der Waals surface area contributed by atoms with Crippen LogP contribution in [0.1, 0.15) is 0 Å². The van der Waals surface area contributed by atoms with E-state index in [0.717, 1.165) is 61.0 Å². The Morgan fingerprint density at radius 3 is 1.42 bits per heavy atom. The molecule has 6 heteroatoms. The largest absolute Gasteiger partial charge is 0.265 e. The molecule has 0 N–H and O–H groups in total. The van der Waals surface area contributed by atoms with Crippen LogP contribution in [0.4, 0.5) is 0 Å². The van der Waals surface area contributed by atoms with Gasteiger partial charge >= 0.3 is 0 Å². The number of hydrogen-bond acceptors (Lipinski definition) is 6. The van der Waals surface area contributed by atoms with Gasteiger partial charge in [-0.3, -0.25) is 15.0 Å². The summed E-state index contributed by atoms with van der Waals surface area (Å²) in [5.74, 6) is 1.70. The van der Waals surface area contributed by atoms with Gasteiger partial charge in [0, 0.05) is 58.6 Å². The molecule has 4 aromatic heterocycles. The average Bonchev–Trinajstić information content (AvgIpc) is 3.24. The van der Waals surface area contributed by atoms with Crippen LogP contribution in [0.5, 0.6) is 0 Å². The minimum Gasteiger partial charge on any atom is -0.265 e. The van der Waals surface area contributed by atoms with Crippen molar-refractivity contribution in [3.8, 4) is 78.7 Å². The van der Waals surface area contributed by atoms with E-state index in [1.54, 1.807) is 24.8 Å². The van der Waals surface area contributed by atoms with Gasteiger partial charge in [-0.15, -0.1) is 0 Å². The molecule has 0 amide bonds. The first-order chi connectivity index (χ1) is 25.8. The molecule has 0 fully saturated rings. The Morgan fingerprint density at radius 2 is 0.788 bits per heavy atom. The lowest BCUT2D eigenvalue weighted by molar-refractivity contribution is 1.07. The van der Waals surface area contributed by atoms with E-state index in [1.807, 2.05) is 36.5 Å². The third-order valence-electron chi connectivity index (χ3n) is 9.23. The third-order valence-corrected chi connectivity index (χ3v) is 9.23. The quantitative estimate of drug-likeness (QED) is 0.168. The summed E-state index contributed by atoms with van der Waals surface area (Å²) in [6, 6.07) is 52.4. The highest BCUT2D eigenvalue weighted by Gasteiger charge is 2.19. The van der Waals surface area contributed by atoms with Gasteiger partial charge in [0.25, 0.3) is 0 Å². The summed E-state index contributed by atoms with van der Waals surface area (Å²) >= 11 is 0. The SMILES string of the molecule is c1ccc(-c2ccccc2-c2ccccc2-c2ccc(-c3nc(-c4ccncc4)nc(-c4ccncc4)n3)cc2-c2cccc3cccnc23)cc1. The van der Waals surface area contributed by atoms with Crippen LogP contribution < -0.4 is 0 Å². The van der Waals surface area contributed by atoms with Crippen LogP contribution in [0, 0.1) is 0 Å². The Kier molecular flexibility index (Phi) is 8.08. The van der Waals surface area contributed by atoms with E-state index >= 15 is 0 Å². The van der Waals surface area contributed by atoms with Crippen molar-refractivity contribution in [2.24, 2.45) is 0 Å². The zero-order chi connectivity index (χ0) is 34.7. The van der Waals surface area contributed by atoms with Gasteiger partial charge in [-0.1, -0.05) is 115 Å². The molecule has 0 aliphatic carbocycles. The summed E-state index contributed by atoms with van der Waals surface area (Å²) in [6.45, 7) is 0. The van der Waals surface area contributed by atoms with E-state index in [0.29, 0.717) is 17.5 Å². The number of fused-ring (bicyclic) bond motifs is 1. The highest BCUT2D eigenvalue weighted by Crippen LogP contribution is 2.43. The second-order valence-corrected chi connectivity index (χ2v) is 12.4. The first-order valence-corrected chi connectivity index (χ1v) is 17.1. The topological polar surface area (TPSA) is 77.3 Å². The summed E-state index contributed by atoms with van der Waals surface area (Å²) in [5.41, 5.74) is 12.4. The molecule has 52 heavy (non-hydrogen) atoms. The van der Waals surface area contributed by atoms with Crippen molar-refractivity contribution in [1.82, 2.24) is 29.9 Å². The van der Waals surface area contributed by atoms with Crippen molar-refractivity contribution >= 4 is 10.9 Å². The van der Waals surface area contributed by atoms with Gasteiger partial charge in [0.2, 0.25) is 0 Å². The van der Waals surface area contributed by atoms with Crippen molar-refractivity contribution in [3.05, 3.63) is 183 Å². The van der Waals surface area contributed by atoms with E-state index in [-0.39, 0.29) is 0 Å². The summed E-state index contributed by atoms with van der Waals surface area (Å²) < 4.78 is 0. The first-order valence-electron chi connectivity index (χ1n) is 17.1. The van der Waals surface area contributed by atoms with E-state index < -0.39 is 0 Å². The number of rotatable bonds is 7. The van der Waals surface area contributed by atoms with Crippen LogP contribution in [-0.4, -0.2) is 29.9 Å². The van der Waals surface area contributed by atoms with E-state index in [9.17, 15) is 0 Å². The predicted octanol–water partition coefficient (Wildman–Crippen LogP) is 10.9. The molecule has 5 aromatic carbocycles. The normalized spacial score (nSPS) is 11.1. The molecule has 244 valence electrons. The molecule has 4 heterocycles. The predicted molar refractivity (Wildman–Crippen MR) is 209 cm³/mol. The number of hydrogen-bond donors (Lipinski definition) is 0. The summed E-state index contributed by atoms with van der Waals surface area (Å²) in [4.78, 5) is 28.2. The maximum atomic E-state index is 5.03. The zero-order valence-corrected chi connectivity index (χ0v) is 28.0. The van der Waals surface area contributed by atoms with Crippen molar-refractivity contribution in [2.45, 2.75) is 0 Å². The molecular weight excluding hydrogens is 637 g/mol. The standard InChI is InChI=1S/C46H30N6/c1-2-10-31(11-3-1)36-14-4-5-15-37(36)38-16-6-7-17-39(38)40-20-19-35(30-42(40)41-18-8-12-32-13-9-25-49-43(32)41)46-51-44(33-21-26-47-27-22-33)50-45(52-46)34-23-28-48-29-24-34/h1-30H. The van der Waals surface area contributed by atoms with Gasteiger partial charge in [-0.2, -0.15) is 0 Å². The smallest absolute Gasteiger partial charge is 0.164 e. The van der Waals surface area contributed by atoms with Crippen molar-refractivity contribution in [3.63, 3.8) is 0 Å². The molecule has 0 atom stereocenters. The molecule has 0 saturated carbocycles. The number of nitrogens with zero attached hydrogens (tertiary/aromatic N) is 6. The van der Waals surface area contributed by atoms with Gasteiger partial charge in [-0.25, -0.2) is 15.0 Å². The summed E-state index contributed by atoms with van der Waals surface area (Å²) in [6.07, 6.45) is 8.85. The number of benzene rings is 5. The van der Waals surface area contributed by atoms with Crippen LogP contribution in [0.2, 0.25) is 0 Å². The van der Waals surface area contributed by atoms with Crippen molar-refractivity contribution < 1.29 is 0 Å². The molecule has 0 bridgehead atoms. The van der Waals surface area contributed by atoms with Gasteiger partial charge in [0.05, 0.1) is 5.52 Å². The maximum Gasteiger partial charge on any atom is 0.164 e. The fraction of sp³-hybridized carbons (Fsp3) is 0. The van der Waals surface area contributed by atoms with Crippen LogP contribution in [0.3, 0.4) is 0 Å².